The van der Waals surface area contributed by atoms with Crippen LogP contribution in [0.3, 0.4) is 0 Å². The lowest BCUT2D eigenvalue weighted by Gasteiger charge is -2.13. The van der Waals surface area contributed by atoms with Gasteiger partial charge in [0.25, 0.3) is 0 Å². The molecule has 1 heterocycles. The molecule has 0 unspecified atom stereocenters. The molecular weight excluding hydrogens is 426 g/mol. The van der Waals surface area contributed by atoms with E-state index in [-0.39, 0.29) is 11.8 Å². The number of allylic oxidation sites excluding steroid dienone is 1. The van der Waals surface area contributed by atoms with Gasteiger partial charge in [0, 0.05) is 25.4 Å². The molecule has 0 radical (unpaired) electrons. The summed E-state index contributed by atoms with van der Waals surface area (Å²) in [6.07, 6.45) is 8.44. The first-order chi connectivity index (χ1) is 16.7. The number of ether oxygens (including phenoxy) is 2. The second kappa shape index (κ2) is 11.7. The molecule has 0 bridgehead atoms. The Morgan fingerprint density at radius 3 is 2.82 bits per heavy atom. The number of rotatable bonds is 14. The number of unbranched alkanes of at least 4 members (excludes halogenated alkanes) is 1. The molecule has 0 atom stereocenters. The fraction of sp³-hybridized carbons (Fsp3) is 0.429. The van der Waals surface area contributed by atoms with Crippen LogP contribution in [0.25, 0.3) is 11.0 Å². The smallest absolute Gasteiger partial charge is 0.223 e. The van der Waals surface area contributed by atoms with Gasteiger partial charge in [-0.05, 0) is 68.4 Å². The molecule has 0 spiro atoms. The van der Waals surface area contributed by atoms with Gasteiger partial charge < -0.3 is 19.4 Å². The van der Waals surface area contributed by atoms with Crippen LogP contribution in [0.5, 0.6) is 11.5 Å². The van der Waals surface area contributed by atoms with Gasteiger partial charge >= 0.3 is 0 Å². The van der Waals surface area contributed by atoms with Gasteiger partial charge in [0.15, 0.2) is 11.5 Å². The van der Waals surface area contributed by atoms with E-state index in [1.807, 2.05) is 24.3 Å². The lowest BCUT2D eigenvalue weighted by molar-refractivity contribution is -0.122. The van der Waals surface area contributed by atoms with Gasteiger partial charge in [-0.15, -0.1) is 6.58 Å². The Morgan fingerprint density at radius 1 is 1.18 bits per heavy atom. The van der Waals surface area contributed by atoms with E-state index in [1.54, 1.807) is 7.11 Å². The molecule has 1 N–H and O–H groups in total. The first-order valence-electron chi connectivity index (χ1n) is 12.3. The minimum absolute atomic E-state index is 0.209. The van der Waals surface area contributed by atoms with E-state index in [0.29, 0.717) is 13.2 Å². The number of carbonyl (C=O) groups excluding carboxylic acids is 1. The van der Waals surface area contributed by atoms with Crippen molar-refractivity contribution in [2.24, 2.45) is 5.92 Å². The molecule has 1 aliphatic rings. The van der Waals surface area contributed by atoms with Gasteiger partial charge in [0.1, 0.15) is 5.82 Å². The molecule has 0 aliphatic heterocycles. The Hall–Kier alpha value is -3.28. The van der Waals surface area contributed by atoms with Gasteiger partial charge in [-0.2, -0.15) is 0 Å². The largest absolute Gasteiger partial charge is 0.493 e. The fourth-order valence-corrected chi connectivity index (χ4v) is 4.19. The fourth-order valence-electron chi connectivity index (χ4n) is 4.19. The molecule has 1 aromatic heterocycles. The molecule has 3 aromatic rings. The van der Waals surface area contributed by atoms with Crippen molar-refractivity contribution < 1.29 is 14.3 Å². The molecule has 1 aliphatic carbocycles. The Kier molecular flexibility index (Phi) is 8.23. The number of aromatic nitrogens is 2. The van der Waals surface area contributed by atoms with Crippen LogP contribution in [0.2, 0.25) is 0 Å². The number of para-hydroxylation sites is 2. The molecule has 6 heteroatoms. The molecule has 6 nitrogen and oxygen atoms in total. The van der Waals surface area contributed by atoms with Gasteiger partial charge in [-0.25, -0.2) is 4.98 Å². The van der Waals surface area contributed by atoms with Crippen molar-refractivity contribution in [3.8, 4) is 11.5 Å². The number of aryl methyl sites for hydroxylation is 2. The lowest BCUT2D eigenvalue weighted by Crippen LogP contribution is -2.26. The third kappa shape index (κ3) is 6.19. The zero-order valence-corrected chi connectivity index (χ0v) is 20.1. The number of benzene rings is 2. The first kappa shape index (κ1) is 23.9. The highest BCUT2D eigenvalue weighted by Crippen LogP contribution is 2.29. The Morgan fingerprint density at radius 2 is 2.03 bits per heavy atom. The number of nitrogens with zero attached hydrogens (tertiary/aromatic N) is 2. The van der Waals surface area contributed by atoms with Crippen LogP contribution >= 0.6 is 0 Å². The summed E-state index contributed by atoms with van der Waals surface area (Å²) < 4.78 is 13.8. The van der Waals surface area contributed by atoms with Crippen LogP contribution in [0.15, 0.2) is 55.1 Å². The zero-order chi connectivity index (χ0) is 23.8. The zero-order valence-electron chi connectivity index (χ0n) is 20.1. The maximum atomic E-state index is 11.9. The Balaban J connectivity index is 1.29. The van der Waals surface area contributed by atoms with Crippen molar-refractivity contribution in [1.82, 2.24) is 14.9 Å². The van der Waals surface area contributed by atoms with Crippen molar-refractivity contribution >= 4 is 16.9 Å². The van der Waals surface area contributed by atoms with E-state index in [2.05, 4.69) is 40.7 Å². The normalized spacial score (nSPS) is 13.1. The van der Waals surface area contributed by atoms with Crippen LogP contribution in [0, 0.1) is 5.92 Å². The van der Waals surface area contributed by atoms with Gasteiger partial charge in [-0.1, -0.05) is 24.3 Å². The average molecular weight is 462 g/mol. The standard InChI is InChI=1S/C28H35N3O3/c1-3-9-21-13-16-25(26(20-21)33-2)34-19-7-6-18-31-24-11-5-4-10-23(24)30-27(31)12-8-17-29-28(32)22-14-15-22/h3-5,10-11,13,16,20,22H,1,6-9,12,14-15,17-19H2,2H3,(H,29,32). The van der Waals surface area contributed by atoms with E-state index < -0.39 is 0 Å². The van der Waals surface area contributed by atoms with Crippen molar-refractivity contribution in [1.29, 1.82) is 0 Å². The molecule has 0 saturated heterocycles. The van der Waals surface area contributed by atoms with Crippen LogP contribution in [-0.4, -0.2) is 35.7 Å². The van der Waals surface area contributed by atoms with Gasteiger partial charge in [0.2, 0.25) is 5.91 Å². The van der Waals surface area contributed by atoms with Crippen LogP contribution in [-0.2, 0) is 24.2 Å². The molecule has 1 amide bonds. The van der Waals surface area contributed by atoms with E-state index in [9.17, 15) is 4.79 Å². The second-order valence-electron chi connectivity index (χ2n) is 8.87. The summed E-state index contributed by atoms with van der Waals surface area (Å²) in [5.41, 5.74) is 3.35. The van der Waals surface area contributed by atoms with E-state index in [1.165, 1.54) is 5.52 Å². The van der Waals surface area contributed by atoms with E-state index in [4.69, 9.17) is 14.5 Å². The molecule has 34 heavy (non-hydrogen) atoms. The summed E-state index contributed by atoms with van der Waals surface area (Å²) in [7, 11) is 1.67. The van der Waals surface area contributed by atoms with Gasteiger partial charge in [0.05, 0.1) is 24.8 Å². The number of nitrogens with one attached hydrogen (secondary N) is 1. The number of carbonyl (C=O) groups is 1. The number of amides is 1. The number of fused-ring (bicyclic) bond motifs is 1. The molecule has 4 rings (SSSR count). The first-order valence-corrected chi connectivity index (χ1v) is 12.3. The highest BCUT2D eigenvalue weighted by Gasteiger charge is 2.29. The monoisotopic (exact) mass is 461 g/mol. The van der Waals surface area contributed by atoms with Gasteiger partial charge in [-0.3, -0.25) is 4.79 Å². The SMILES string of the molecule is C=CCc1ccc(OCCCCn2c(CCCNC(=O)C3CC3)nc3ccccc32)c(OC)c1. The molecule has 1 saturated carbocycles. The Bertz CT molecular complexity index is 1120. The number of imidazole rings is 1. The molecular formula is C28H35N3O3. The minimum Gasteiger partial charge on any atom is -0.493 e. The second-order valence-corrected chi connectivity index (χ2v) is 8.87. The number of hydrogen-bond acceptors (Lipinski definition) is 4. The van der Waals surface area contributed by atoms with E-state index >= 15 is 0 Å². The highest BCUT2D eigenvalue weighted by molar-refractivity contribution is 5.80. The van der Waals surface area contributed by atoms with Crippen molar-refractivity contribution in [3.05, 3.63) is 66.5 Å². The summed E-state index contributed by atoms with van der Waals surface area (Å²) in [5.74, 6) is 3.09. The number of hydrogen-bond donors (Lipinski definition) is 1. The number of methoxy groups -OCH3 is 1. The Labute approximate surface area is 202 Å². The lowest BCUT2D eigenvalue weighted by atomic mass is 10.1. The predicted octanol–water partition coefficient (Wildman–Crippen LogP) is 5.09. The summed E-state index contributed by atoms with van der Waals surface area (Å²) in [6.45, 7) is 6.02. The van der Waals surface area contributed by atoms with Crippen molar-refractivity contribution in [2.75, 3.05) is 20.3 Å². The summed E-state index contributed by atoms with van der Waals surface area (Å²) in [6, 6.07) is 14.3. The summed E-state index contributed by atoms with van der Waals surface area (Å²) >= 11 is 0. The summed E-state index contributed by atoms with van der Waals surface area (Å²) in [4.78, 5) is 16.7. The topological polar surface area (TPSA) is 65.4 Å². The maximum absolute atomic E-state index is 11.9. The van der Waals surface area contributed by atoms with Crippen LogP contribution < -0.4 is 14.8 Å². The predicted molar refractivity (Wildman–Crippen MR) is 135 cm³/mol. The van der Waals surface area contributed by atoms with Crippen molar-refractivity contribution in [3.63, 3.8) is 0 Å². The minimum atomic E-state index is 0.209. The maximum Gasteiger partial charge on any atom is 0.223 e. The van der Waals surface area contributed by atoms with Crippen LogP contribution in [0.1, 0.15) is 43.5 Å². The third-order valence-corrected chi connectivity index (χ3v) is 6.20. The van der Waals surface area contributed by atoms with E-state index in [0.717, 1.165) is 79.9 Å². The highest BCUT2D eigenvalue weighted by atomic mass is 16.5. The summed E-state index contributed by atoms with van der Waals surface area (Å²) in [5, 5.41) is 3.06. The molecule has 180 valence electrons. The van der Waals surface area contributed by atoms with Crippen LogP contribution in [0.4, 0.5) is 0 Å². The quantitative estimate of drug-likeness (QED) is 0.268. The average Bonchev–Trinajstić information content (AvgIpc) is 3.65. The molecule has 1 fully saturated rings. The third-order valence-electron chi connectivity index (χ3n) is 6.20. The van der Waals surface area contributed by atoms with Crippen molar-refractivity contribution in [2.45, 2.75) is 51.5 Å². The molecule has 2 aromatic carbocycles.